The van der Waals surface area contributed by atoms with Gasteiger partial charge in [0.1, 0.15) is 16.5 Å². The standard InChI is InChI=1S/C20H14N4O4S2/c1-28-15-7-5-12(6-8-15)19-21-17(11-29-19)18(25)23-20-22-16(10-30-20)13-3-2-4-14(9-13)24(26)27/h2-11H,1H3,(H,22,23,25). The van der Waals surface area contributed by atoms with Gasteiger partial charge in [0.15, 0.2) is 5.13 Å². The molecule has 4 rings (SSSR count). The Labute approximate surface area is 179 Å². The lowest BCUT2D eigenvalue weighted by Gasteiger charge is -2.00. The number of ether oxygens (including phenoxy) is 1. The molecular formula is C20H14N4O4S2. The highest BCUT2D eigenvalue weighted by Crippen LogP contribution is 2.29. The summed E-state index contributed by atoms with van der Waals surface area (Å²) < 4.78 is 5.15. The fraction of sp³-hybridized carbons (Fsp3) is 0.0500. The number of nitro benzene ring substituents is 1. The van der Waals surface area contributed by atoms with Gasteiger partial charge in [0.05, 0.1) is 17.7 Å². The van der Waals surface area contributed by atoms with Crippen LogP contribution in [0.4, 0.5) is 10.8 Å². The van der Waals surface area contributed by atoms with Crippen molar-refractivity contribution in [2.24, 2.45) is 0 Å². The number of rotatable bonds is 6. The van der Waals surface area contributed by atoms with Gasteiger partial charge in [0.25, 0.3) is 11.6 Å². The summed E-state index contributed by atoms with van der Waals surface area (Å²) in [6.45, 7) is 0. The van der Waals surface area contributed by atoms with Gasteiger partial charge in [-0.15, -0.1) is 22.7 Å². The molecule has 2 heterocycles. The molecule has 0 radical (unpaired) electrons. The van der Waals surface area contributed by atoms with E-state index in [9.17, 15) is 14.9 Å². The van der Waals surface area contributed by atoms with Crippen LogP contribution in [0.25, 0.3) is 21.8 Å². The van der Waals surface area contributed by atoms with Crippen molar-refractivity contribution in [1.82, 2.24) is 9.97 Å². The minimum Gasteiger partial charge on any atom is -0.497 e. The molecule has 0 spiro atoms. The molecule has 10 heteroatoms. The number of methoxy groups -OCH3 is 1. The Morgan fingerprint density at radius 1 is 1.07 bits per heavy atom. The van der Waals surface area contributed by atoms with Gasteiger partial charge in [-0.1, -0.05) is 12.1 Å². The van der Waals surface area contributed by atoms with Crippen molar-refractivity contribution in [2.45, 2.75) is 0 Å². The van der Waals surface area contributed by atoms with Crippen molar-refractivity contribution in [2.75, 3.05) is 12.4 Å². The van der Waals surface area contributed by atoms with E-state index in [2.05, 4.69) is 15.3 Å². The second-order valence-electron chi connectivity index (χ2n) is 6.07. The minimum absolute atomic E-state index is 0.0142. The highest BCUT2D eigenvalue weighted by molar-refractivity contribution is 7.14. The van der Waals surface area contributed by atoms with Crippen LogP contribution >= 0.6 is 22.7 Å². The van der Waals surface area contributed by atoms with Crippen LogP contribution in [-0.4, -0.2) is 27.9 Å². The lowest BCUT2D eigenvalue weighted by molar-refractivity contribution is -0.384. The monoisotopic (exact) mass is 438 g/mol. The second kappa shape index (κ2) is 8.39. The molecule has 1 N–H and O–H groups in total. The SMILES string of the molecule is COc1ccc(-c2nc(C(=O)Nc3nc(-c4cccc([N+](=O)[O-])c4)cs3)cs2)cc1. The van der Waals surface area contributed by atoms with Gasteiger partial charge in [-0.05, 0) is 24.3 Å². The maximum atomic E-state index is 12.5. The van der Waals surface area contributed by atoms with E-state index in [-0.39, 0.29) is 17.3 Å². The molecule has 2 aromatic heterocycles. The lowest BCUT2D eigenvalue weighted by atomic mass is 10.1. The number of benzene rings is 2. The number of carbonyl (C=O) groups is 1. The first-order chi connectivity index (χ1) is 14.5. The van der Waals surface area contributed by atoms with Gasteiger partial charge in [0, 0.05) is 34.0 Å². The molecular weight excluding hydrogens is 424 g/mol. The molecule has 0 aliphatic heterocycles. The van der Waals surface area contributed by atoms with Crippen molar-refractivity contribution in [1.29, 1.82) is 0 Å². The molecule has 0 saturated heterocycles. The van der Waals surface area contributed by atoms with Crippen LogP contribution in [0.5, 0.6) is 5.75 Å². The fourth-order valence-corrected chi connectivity index (χ4v) is 4.17. The zero-order chi connectivity index (χ0) is 21.1. The first kappa shape index (κ1) is 19.7. The maximum absolute atomic E-state index is 12.5. The van der Waals surface area contributed by atoms with Crippen LogP contribution in [0.15, 0.2) is 59.3 Å². The Morgan fingerprint density at radius 2 is 1.87 bits per heavy atom. The second-order valence-corrected chi connectivity index (χ2v) is 7.78. The predicted molar refractivity (Wildman–Crippen MR) is 116 cm³/mol. The van der Waals surface area contributed by atoms with E-state index in [4.69, 9.17) is 4.74 Å². The summed E-state index contributed by atoms with van der Waals surface area (Å²) in [6.07, 6.45) is 0. The van der Waals surface area contributed by atoms with E-state index in [1.165, 1.54) is 34.8 Å². The van der Waals surface area contributed by atoms with E-state index in [0.717, 1.165) is 16.3 Å². The number of hydrogen-bond acceptors (Lipinski definition) is 8. The quantitative estimate of drug-likeness (QED) is 0.331. The Morgan fingerprint density at radius 3 is 2.60 bits per heavy atom. The number of hydrogen-bond donors (Lipinski definition) is 1. The summed E-state index contributed by atoms with van der Waals surface area (Å²) in [7, 11) is 1.60. The molecule has 150 valence electrons. The molecule has 1 amide bonds. The topological polar surface area (TPSA) is 107 Å². The van der Waals surface area contributed by atoms with Crippen LogP contribution in [0.1, 0.15) is 10.5 Å². The van der Waals surface area contributed by atoms with Crippen LogP contribution in [0.2, 0.25) is 0 Å². The summed E-state index contributed by atoms with van der Waals surface area (Å²) in [5, 5.41) is 18.2. The number of carbonyl (C=O) groups excluding carboxylic acids is 1. The zero-order valence-electron chi connectivity index (χ0n) is 15.6. The number of nitrogens with one attached hydrogen (secondary N) is 1. The summed E-state index contributed by atoms with van der Waals surface area (Å²) >= 11 is 2.61. The summed E-state index contributed by atoms with van der Waals surface area (Å²) in [5.74, 6) is 0.377. The Kier molecular flexibility index (Phi) is 5.50. The van der Waals surface area contributed by atoms with Crippen LogP contribution < -0.4 is 10.1 Å². The van der Waals surface area contributed by atoms with E-state index < -0.39 is 4.92 Å². The average molecular weight is 438 g/mol. The van der Waals surface area contributed by atoms with Crippen molar-refractivity contribution in [3.63, 3.8) is 0 Å². The highest BCUT2D eigenvalue weighted by atomic mass is 32.1. The first-order valence-electron chi connectivity index (χ1n) is 8.65. The molecule has 0 fully saturated rings. The third-order valence-corrected chi connectivity index (χ3v) is 5.80. The molecule has 0 atom stereocenters. The average Bonchev–Trinajstić information content (AvgIpc) is 3.44. The molecule has 0 aliphatic carbocycles. The third kappa shape index (κ3) is 4.19. The van der Waals surface area contributed by atoms with Crippen molar-refractivity contribution < 1.29 is 14.5 Å². The lowest BCUT2D eigenvalue weighted by Crippen LogP contribution is -2.12. The smallest absolute Gasteiger partial charge is 0.276 e. The Hall–Kier alpha value is -3.63. The molecule has 0 aliphatic rings. The van der Waals surface area contributed by atoms with Gasteiger partial charge in [-0.25, -0.2) is 9.97 Å². The minimum atomic E-state index is -0.457. The van der Waals surface area contributed by atoms with E-state index in [1.54, 1.807) is 30.0 Å². The third-order valence-electron chi connectivity index (χ3n) is 4.15. The first-order valence-corrected chi connectivity index (χ1v) is 10.4. The predicted octanol–water partition coefficient (Wildman–Crippen LogP) is 5.10. The molecule has 30 heavy (non-hydrogen) atoms. The summed E-state index contributed by atoms with van der Waals surface area (Å²) in [6, 6.07) is 13.6. The van der Waals surface area contributed by atoms with Crippen molar-refractivity contribution in [3.8, 4) is 27.6 Å². The Balaban J connectivity index is 1.48. The van der Waals surface area contributed by atoms with E-state index >= 15 is 0 Å². The fourth-order valence-electron chi connectivity index (χ4n) is 2.65. The number of amides is 1. The molecule has 0 saturated carbocycles. The summed E-state index contributed by atoms with van der Waals surface area (Å²) in [4.78, 5) is 31.8. The van der Waals surface area contributed by atoms with Gasteiger partial charge in [0.2, 0.25) is 0 Å². The Bertz CT molecular complexity index is 1220. The molecule has 8 nitrogen and oxygen atoms in total. The van der Waals surface area contributed by atoms with Gasteiger partial charge in [-0.3, -0.25) is 20.2 Å². The number of aromatic nitrogens is 2. The summed E-state index contributed by atoms with van der Waals surface area (Å²) in [5.41, 5.74) is 2.33. The van der Waals surface area contributed by atoms with Gasteiger partial charge >= 0.3 is 0 Å². The number of anilines is 1. The van der Waals surface area contributed by atoms with Crippen molar-refractivity contribution in [3.05, 3.63) is 75.1 Å². The molecule has 0 unspecified atom stereocenters. The number of nitro groups is 1. The van der Waals surface area contributed by atoms with Gasteiger partial charge in [-0.2, -0.15) is 0 Å². The maximum Gasteiger partial charge on any atom is 0.276 e. The zero-order valence-corrected chi connectivity index (χ0v) is 17.2. The normalized spacial score (nSPS) is 10.6. The van der Waals surface area contributed by atoms with E-state index in [0.29, 0.717) is 16.4 Å². The van der Waals surface area contributed by atoms with Gasteiger partial charge < -0.3 is 4.74 Å². The molecule has 0 bridgehead atoms. The highest BCUT2D eigenvalue weighted by Gasteiger charge is 2.15. The number of thiazole rings is 2. The molecule has 2 aromatic carbocycles. The van der Waals surface area contributed by atoms with Crippen LogP contribution in [0, 0.1) is 10.1 Å². The van der Waals surface area contributed by atoms with Crippen LogP contribution in [-0.2, 0) is 0 Å². The largest absolute Gasteiger partial charge is 0.497 e. The van der Waals surface area contributed by atoms with Crippen LogP contribution in [0.3, 0.4) is 0 Å². The van der Waals surface area contributed by atoms with E-state index in [1.807, 2.05) is 24.3 Å². The van der Waals surface area contributed by atoms with Crippen molar-refractivity contribution >= 4 is 39.4 Å². The molecule has 4 aromatic rings. The number of non-ortho nitro benzene ring substituents is 1. The number of nitrogens with zero attached hydrogens (tertiary/aromatic N) is 3.